The summed E-state index contributed by atoms with van der Waals surface area (Å²) in [4.78, 5) is 12.4. The molecule has 2 N–H and O–H groups in total. The van der Waals surface area contributed by atoms with E-state index in [9.17, 15) is 26.4 Å². The van der Waals surface area contributed by atoms with Gasteiger partial charge in [-0.3, -0.25) is 4.79 Å². The van der Waals surface area contributed by atoms with Crippen molar-refractivity contribution in [3.05, 3.63) is 76.6 Å². The van der Waals surface area contributed by atoms with Crippen LogP contribution in [0.3, 0.4) is 0 Å². The van der Waals surface area contributed by atoms with Crippen LogP contribution in [0.15, 0.2) is 53.4 Å². The van der Waals surface area contributed by atoms with E-state index in [0.717, 1.165) is 6.07 Å². The number of benzene rings is 2. The van der Waals surface area contributed by atoms with Crippen molar-refractivity contribution in [3.63, 3.8) is 0 Å². The zero-order valence-electron chi connectivity index (χ0n) is 18.3. The Hall–Kier alpha value is -3.62. The number of terminal acetylenes is 1. The maximum atomic E-state index is 13.7. The summed E-state index contributed by atoms with van der Waals surface area (Å²) in [5.74, 6) is 1.49. The number of aryl methyl sites for hydroxylation is 2. The quantitative estimate of drug-likeness (QED) is 0.497. The van der Waals surface area contributed by atoms with Gasteiger partial charge in [0.25, 0.3) is 5.91 Å². The average Bonchev–Trinajstić information content (AvgIpc) is 3.13. The summed E-state index contributed by atoms with van der Waals surface area (Å²) in [7, 11) is -3.83. The smallest absolute Gasteiger partial charge is 0.348 e. The van der Waals surface area contributed by atoms with E-state index in [1.54, 1.807) is 19.9 Å². The van der Waals surface area contributed by atoms with Crippen LogP contribution < -0.4 is 10.0 Å². The van der Waals surface area contributed by atoms with Gasteiger partial charge in [-0.05, 0) is 61.9 Å². The van der Waals surface area contributed by atoms with Gasteiger partial charge in [0, 0.05) is 17.8 Å². The molecule has 3 rings (SSSR count). The lowest BCUT2D eigenvalue weighted by atomic mass is 10.1. The van der Waals surface area contributed by atoms with Gasteiger partial charge in [-0.15, -0.1) is 6.42 Å². The number of hydrogen-bond donors (Lipinski definition) is 2. The number of amides is 1. The molecule has 0 aliphatic rings. The Morgan fingerprint density at radius 3 is 2.35 bits per heavy atom. The Balaban J connectivity index is 1.79. The highest BCUT2D eigenvalue weighted by atomic mass is 32.2. The summed E-state index contributed by atoms with van der Waals surface area (Å²) in [6.07, 6.45) is 0.392. The highest BCUT2D eigenvalue weighted by molar-refractivity contribution is 7.89. The molecule has 3 aromatic rings. The summed E-state index contributed by atoms with van der Waals surface area (Å²) >= 11 is 0. The van der Waals surface area contributed by atoms with Gasteiger partial charge in [0.05, 0.1) is 28.4 Å². The van der Waals surface area contributed by atoms with Crippen molar-refractivity contribution in [1.82, 2.24) is 19.8 Å². The number of hydrogen-bond acceptors (Lipinski definition) is 4. The first-order valence-electron chi connectivity index (χ1n) is 9.97. The Labute approximate surface area is 195 Å². The fraction of sp³-hybridized carbons (Fsp3) is 0.217. The Morgan fingerprint density at radius 1 is 1.12 bits per heavy atom. The number of sulfonamides is 1. The van der Waals surface area contributed by atoms with Crippen LogP contribution in [-0.2, 0) is 22.7 Å². The van der Waals surface area contributed by atoms with Crippen molar-refractivity contribution in [2.45, 2.75) is 31.5 Å². The van der Waals surface area contributed by atoms with Crippen LogP contribution in [-0.4, -0.2) is 30.7 Å². The van der Waals surface area contributed by atoms with Crippen LogP contribution in [0.4, 0.5) is 13.2 Å². The SMILES string of the molecule is C#CCNS(=O)(=O)c1ccc(C(=O)NCc2ccc(-n3nc(C)cc3C)cc2C(F)(F)F)cc1. The average molecular weight is 491 g/mol. The molecular weight excluding hydrogens is 469 g/mol. The minimum absolute atomic E-state index is 0.0868. The number of carbonyl (C=O) groups is 1. The van der Waals surface area contributed by atoms with Gasteiger partial charge in [0.15, 0.2) is 0 Å². The molecule has 0 spiro atoms. The molecule has 1 amide bonds. The molecule has 34 heavy (non-hydrogen) atoms. The molecule has 0 bridgehead atoms. The van der Waals surface area contributed by atoms with Crippen LogP contribution in [0.2, 0.25) is 0 Å². The van der Waals surface area contributed by atoms with E-state index >= 15 is 0 Å². The number of halogens is 3. The second kappa shape index (κ2) is 9.70. The number of nitrogens with zero attached hydrogens (tertiary/aromatic N) is 2. The van der Waals surface area contributed by atoms with Gasteiger partial charge in [0.2, 0.25) is 10.0 Å². The van der Waals surface area contributed by atoms with Gasteiger partial charge in [-0.25, -0.2) is 13.1 Å². The lowest BCUT2D eigenvalue weighted by molar-refractivity contribution is -0.138. The summed E-state index contributed by atoms with van der Waals surface area (Å²) < 4.78 is 68.9. The number of alkyl halides is 3. The van der Waals surface area contributed by atoms with Crippen molar-refractivity contribution in [2.75, 3.05) is 6.54 Å². The summed E-state index contributed by atoms with van der Waals surface area (Å²) in [6, 6.07) is 10.5. The third-order valence-corrected chi connectivity index (χ3v) is 6.30. The van der Waals surface area contributed by atoms with E-state index in [-0.39, 0.29) is 34.8 Å². The molecule has 0 aliphatic heterocycles. The highest BCUT2D eigenvalue weighted by Gasteiger charge is 2.34. The van der Waals surface area contributed by atoms with E-state index in [1.807, 2.05) is 0 Å². The van der Waals surface area contributed by atoms with Crippen molar-refractivity contribution in [3.8, 4) is 18.0 Å². The first-order chi connectivity index (χ1) is 15.9. The third kappa shape index (κ3) is 5.65. The Bertz CT molecular complexity index is 1360. The standard InChI is InChI=1S/C23H21F3N4O3S/c1-4-11-28-34(32,33)20-9-6-17(7-10-20)22(31)27-14-18-5-8-19(13-21(18)23(24,25)26)30-16(3)12-15(2)29-30/h1,5-10,12-13,28H,11,14H2,2-3H3,(H,27,31). The van der Waals surface area contributed by atoms with Gasteiger partial charge in [0.1, 0.15) is 0 Å². The van der Waals surface area contributed by atoms with Gasteiger partial charge in [-0.1, -0.05) is 12.0 Å². The molecule has 0 saturated heterocycles. The van der Waals surface area contributed by atoms with E-state index < -0.39 is 27.7 Å². The molecule has 7 nitrogen and oxygen atoms in total. The summed E-state index contributed by atoms with van der Waals surface area (Å²) in [5.41, 5.74) is 0.689. The molecule has 0 aliphatic carbocycles. The van der Waals surface area contributed by atoms with Crippen LogP contribution in [0.5, 0.6) is 0 Å². The maximum Gasteiger partial charge on any atom is 0.416 e. The molecule has 0 atom stereocenters. The second-order valence-corrected chi connectivity index (χ2v) is 9.18. The number of carbonyl (C=O) groups excluding carboxylic acids is 1. The monoisotopic (exact) mass is 490 g/mol. The number of nitrogens with one attached hydrogen (secondary N) is 2. The molecule has 0 saturated carbocycles. The van der Waals surface area contributed by atoms with E-state index in [2.05, 4.69) is 21.1 Å². The van der Waals surface area contributed by atoms with Crippen molar-refractivity contribution in [2.24, 2.45) is 0 Å². The van der Waals surface area contributed by atoms with E-state index in [4.69, 9.17) is 6.42 Å². The lowest BCUT2D eigenvalue weighted by Gasteiger charge is -2.16. The zero-order chi connectivity index (χ0) is 25.1. The van der Waals surface area contributed by atoms with Crippen LogP contribution >= 0.6 is 0 Å². The van der Waals surface area contributed by atoms with Crippen LogP contribution in [0.1, 0.15) is 32.9 Å². The first kappa shape index (κ1) is 25.0. The fourth-order valence-corrected chi connectivity index (χ4v) is 4.22. The minimum atomic E-state index is -4.65. The maximum absolute atomic E-state index is 13.7. The van der Waals surface area contributed by atoms with Crippen LogP contribution in [0.25, 0.3) is 5.69 Å². The topological polar surface area (TPSA) is 93.1 Å². The molecule has 0 fully saturated rings. The van der Waals surface area contributed by atoms with E-state index in [0.29, 0.717) is 11.4 Å². The normalized spacial score (nSPS) is 11.8. The molecule has 2 aromatic carbocycles. The van der Waals surface area contributed by atoms with Gasteiger partial charge >= 0.3 is 6.18 Å². The minimum Gasteiger partial charge on any atom is -0.348 e. The van der Waals surface area contributed by atoms with Gasteiger partial charge < -0.3 is 5.32 Å². The number of rotatable bonds is 7. The predicted molar refractivity (Wildman–Crippen MR) is 120 cm³/mol. The third-order valence-electron chi connectivity index (χ3n) is 4.88. The second-order valence-electron chi connectivity index (χ2n) is 7.41. The number of aromatic nitrogens is 2. The fourth-order valence-electron chi connectivity index (χ4n) is 3.29. The zero-order valence-corrected chi connectivity index (χ0v) is 19.1. The van der Waals surface area contributed by atoms with Crippen molar-refractivity contribution < 1.29 is 26.4 Å². The van der Waals surface area contributed by atoms with E-state index in [1.165, 1.54) is 41.1 Å². The molecule has 11 heteroatoms. The molecular formula is C23H21F3N4O3S. The largest absolute Gasteiger partial charge is 0.416 e. The summed E-state index contributed by atoms with van der Waals surface area (Å²) in [5, 5.41) is 6.65. The van der Waals surface area contributed by atoms with Crippen molar-refractivity contribution >= 4 is 15.9 Å². The van der Waals surface area contributed by atoms with Crippen molar-refractivity contribution in [1.29, 1.82) is 0 Å². The molecule has 1 aromatic heterocycles. The predicted octanol–water partition coefficient (Wildman–Crippen LogP) is 3.35. The molecule has 0 unspecified atom stereocenters. The molecule has 1 heterocycles. The molecule has 178 valence electrons. The van der Waals surface area contributed by atoms with Crippen LogP contribution in [0, 0.1) is 26.2 Å². The van der Waals surface area contributed by atoms with Gasteiger partial charge in [-0.2, -0.15) is 23.0 Å². The Morgan fingerprint density at radius 2 is 1.79 bits per heavy atom. The Kier molecular flexibility index (Phi) is 7.14. The first-order valence-corrected chi connectivity index (χ1v) is 11.5. The highest BCUT2D eigenvalue weighted by Crippen LogP contribution is 2.33. The summed E-state index contributed by atoms with van der Waals surface area (Å²) in [6.45, 7) is 2.91. The molecule has 0 radical (unpaired) electrons. The lowest BCUT2D eigenvalue weighted by Crippen LogP contribution is -2.25.